The van der Waals surface area contributed by atoms with Gasteiger partial charge in [-0.2, -0.15) is 0 Å². The molecule has 0 aliphatic carbocycles. The van der Waals surface area contributed by atoms with E-state index in [1.54, 1.807) is 0 Å². The number of nitrogens with zero attached hydrogens (tertiary/aromatic N) is 2. The van der Waals surface area contributed by atoms with E-state index < -0.39 is 0 Å². The van der Waals surface area contributed by atoms with Crippen LogP contribution in [0.1, 0.15) is 46.0 Å². The Morgan fingerprint density at radius 2 is 1.85 bits per heavy atom. The molecule has 0 radical (unpaired) electrons. The molecule has 1 aromatic heterocycles. The number of alkyl halides is 1. The molecule has 0 saturated carbocycles. The lowest BCUT2D eigenvalue weighted by atomic mass is 10.0. The van der Waals surface area contributed by atoms with Crippen LogP contribution < -0.4 is 0 Å². The van der Waals surface area contributed by atoms with Crippen LogP contribution in [0.4, 0.5) is 0 Å². The maximum atomic E-state index is 4.83. The van der Waals surface area contributed by atoms with Crippen molar-refractivity contribution >= 4 is 45.4 Å². The van der Waals surface area contributed by atoms with Crippen LogP contribution in [0.2, 0.25) is 0 Å². The van der Waals surface area contributed by atoms with E-state index in [9.17, 15) is 0 Å². The predicted octanol–water partition coefficient (Wildman–Crippen LogP) is 5.28. The highest BCUT2D eigenvalue weighted by atomic mass is 127. The standard InChI is InChI=1S/C16H23IN2S/c1-15(2,3)20-10-14-18-12-9-11(16(4,5)17)7-8-13(12)19(14)6/h7-9H,10H2,1-6H3. The van der Waals surface area contributed by atoms with Crippen molar-refractivity contribution in [2.75, 3.05) is 0 Å². The number of fused-ring (bicyclic) bond motifs is 1. The van der Waals surface area contributed by atoms with Crippen molar-refractivity contribution in [3.8, 4) is 0 Å². The summed E-state index contributed by atoms with van der Waals surface area (Å²) in [6.45, 7) is 11.2. The number of hydrogen-bond donors (Lipinski definition) is 0. The maximum Gasteiger partial charge on any atom is 0.119 e. The third kappa shape index (κ3) is 3.70. The SMILES string of the molecule is Cn1c(CSC(C)(C)C)nc2cc(C(C)(C)I)ccc21. The fourth-order valence-corrected chi connectivity index (χ4v) is 3.19. The molecule has 0 fully saturated rings. The largest absolute Gasteiger partial charge is 0.330 e. The van der Waals surface area contributed by atoms with Crippen LogP contribution in [-0.4, -0.2) is 14.3 Å². The van der Waals surface area contributed by atoms with Crippen molar-refractivity contribution in [2.45, 2.75) is 48.5 Å². The molecular weight excluding hydrogens is 379 g/mol. The van der Waals surface area contributed by atoms with E-state index in [0.29, 0.717) is 0 Å². The first-order chi connectivity index (χ1) is 9.08. The lowest BCUT2D eigenvalue weighted by Gasteiger charge is -2.17. The molecule has 0 unspecified atom stereocenters. The van der Waals surface area contributed by atoms with Crippen LogP contribution in [0.25, 0.3) is 11.0 Å². The second-order valence-corrected chi connectivity index (χ2v) is 11.2. The van der Waals surface area contributed by atoms with Gasteiger partial charge in [0.25, 0.3) is 0 Å². The summed E-state index contributed by atoms with van der Waals surface area (Å²) in [5.74, 6) is 2.11. The Bertz CT molecular complexity index is 618. The molecular formula is C16H23IN2S. The fourth-order valence-electron chi connectivity index (χ4n) is 2.03. The van der Waals surface area contributed by atoms with Crippen LogP contribution in [0.15, 0.2) is 18.2 Å². The van der Waals surface area contributed by atoms with E-state index in [2.05, 4.69) is 87.0 Å². The van der Waals surface area contributed by atoms with Crippen LogP contribution in [0.3, 0.4) is 0 Å². The minimum Gasteiger partial charge on any atom is -0.330 e. The summed E-state index contributed by atoms with van der Waals surface area (Å²) in [6.07, 6.45) is 0. The van der Waals surface area contributed by atoms with Crippen molar-refractivity contribution in [1.29, 1.82) is 0 Å². The Hall–Kier alpha value is -0.230. The van der Waals surface area contributed by atoms with Crippen molar-refractivity contribution in [3.05, 3.63) is 29.6 Å². The van der Waals surface area contributed by atoms with Gasteiger partial charge in [0.1, 0.15) is 5.82 Å². The summed E-state index contributed by atoms with van der Waals surface area (Å²) in [4.78, 5) is 4.83. The first-order valence-electron chi connectivity index (χ1n) is 6.87. The molecule has 0 saturated heterocycles. The van der Waals surface area contributed by atoms with E-state index in [0.717, 1.165) is 17.1 Å². The number of hydrogen-bond acceptors (Lipinski definition) is 2. The Morgan fingerprint density at radius 3 is 2.40 bits per heavy atom. The van der Waals surface area contributed by atoms with E-state index >= 15 is 0 Å². The topological polar surface area (TPSA) is 17.8 Å². The van der Waals surface area contributed by atoms with Gasteiger partial charge in [-0.1, -0.05) is 49.4 Å². The number of benzene rings is 1. The van der Waals surface area contributed by atoms with Gasteiger partial charge in [-0.15, -0.1) is 11.8 Å². The average Bonchev–Trinajstić information content (AvgIpc) is 2.61. The van der Waals surface area contributed by atoms with Crippen LogP contribution >= 0.6 is 34.4 Å². The van der Waals surface area contributed by atoms with Gasteiger partial charge in [0, 0.05) is 15.2 Å². The van der Waals surface area contributed by atoms with E-state index in [4.69, 9.17) is 4.98 Å². The molecule has 1 aromatic carbocycles. The Balaban J connectivity index is 2.37. The van der Waals surface area contributed by atoms with Gasteiger partial charge >= 0.3 is 0 Å². The second-order valence-electron chi connectivity index (χ2n) is 6.66. The summed E-state index contributed by atoms with van der Waals surface area (Å²) in [7, 11) is 2.11. The predicted molar refractivity (Wildman–Crippen MR) is 98.8 cm³/mol. The number of aryl methyl sites for hydroxylation is 1. The molecule has 2 nitrogen and oxygen atoms in total. The molecule has 0 N–H and O–H groups in total. The van der Waals surface area contributed by atoms with Crippen molar-refractivity contribution in [2.24, 2.45) is 7.05 Å². The molecule has 0 aliphatic heterocycles. The first-order valence-corrected chi connectivity index (χ1v) is 8.93. The quantitative estimate of drug-likeness (QED) is 0.514. The highest BCUT2D eigenvalue weighted by Crippen LogP contribution is 2.33. The van der Waals surface area contributed by atoms with E-state index in [1.165, 1.54) is 11.1 Å². The number of imidazole rings is 1. The van der Waals surface area contributed by atoms with Gasteiger partial charge in [-0.25, -0.2) is 4.98 Å². The van der Waals surface area contributed by atoms with E-state index in [-0.39, 0.29) is 8.17 Å². The fraction of sp³-hybridized carbons (Fsp3) is 0.562. The lowest BCUT2D eigenvalue weighted by Crippen LogP contribution is -2.09. The minimum absolute atomic E-state index is 0.143. The minimum atomic E-state index is 0.143. The number of aromatic nitrogens is 2. The van der Waals surface area contributed by atoms with Gasteiger partial charge in [0.15, 0.2) is 0 Å². The van der Waals surface area contributed by atoms with Crippen molar-refractivity contribution in [3.63, 3.8) is 0 Å². The normalized spacial score (nSPS) is 13.2. The first kappa shape index (κ1) is 16.1. The summed E-state index contributed by atoms with van der Waals surface area (Å²) < 4.78 is 2.63. The molecule has 110 valence electrons. The second kappa shape index (κ2) is 5.52. The molecule has 20 heavy (non-hydrogen) atoms. The molecule has 2 aromatic rings. The monoisotopic (exact) mass is 402 g/mol. The summed E-state index contributed by atoms with van der Waals surface area (Å²) in [5, 5.41) is 0. The Kier molecular flexibility index (Phi) is 4.46. The van der Waals surface area contributed by atoms with E-state index in [1.807, 2.05) is 11.8 Å². The highest BCUT2D eigenvalue weighted by Gasteiger charge is 2.18. The number of thioether (sulfide) groups is 1. The smallest absolute Gasteiger partial charge is 0.119 e. The summed E-state index contributed by atoms with van der Waals surface area (Å²) >= 11 is 4.42. The third-order valence-electron chi connectivity index (χ3n) is 3.29. The maximum absolute atomic E-state index is 4.83. The Morgan fingerprint density at radius 1 is 1.20 bits per heavy atom. The Labute approximate surface area is 139 Å². The molecule has 0 aliphatic rings. The number of rotatable bonds is 3. The molecule has 0 bridgehead atoms. The zero-order valence-electron chi connectivity index (χ0n) is 13.1. The highest BCUT2D eigenvalue weighted by molar-refractivity contribution is 14.1. The van der Waals surface area contributed by atoms with Crippen LogP contribution in [0.5, 0.6) is 0 Å². The van der Waals surface area contributed by atoms with Crippen molar-refractivity contribution in [1.82, 2.24) is 9.55 Å². The van der Waals surface area contributed by atoms with Gasteiger partial charge in [0.05, 0.1) is 16.8 Å². The van der Waals surface area contributed by atoms with Gasteiger partial charge < -0.3 is 4.57 Å². The van der Waals surface area contributed by atoms with Gasteiger partial charge in [-0.3, -0.25) is 0 Å². The molecule has 1 heterocycles. The van der Waals surface area contributed by atoms with Gasteiger partial charge in [-0.05, 0) is 31.5 Å². The zero-order valence-corrected chi connectivity index (χ0v) is 16.1. The molecule has 0 spiro atoms. The van der Waals surface area contributed by atoms with Crippen molar-refractivity contribution < 1.29 is 0 Å². The average molecular weight is 402 g/mol. The lowest BCUT2D eigenvalue weighted by molar-refractivity contribution is 0.795. The van der Waals surface area contributed by atoms with Crippen LogP contribution in [-0.2, 0) is 16.2 Å². The number of halogens is 1. The van der Waals surface area contributed by atoms with Crippen LogP contribution in [0, 0.1) is 0 Å². The molecule has 0 amide bonds. The third-order valence-corrected chi connectivity index (χ3v) is 5.19. The molecule has 0 atom stereocenters. The molecule has 4 heteroatoms. The van der Waals surface area contributed by atoms with Gasteiger partial charge in [0.2, 0.25) is 0 Å². The molecule has 2 rings (SSSR count). The summed E-state index contributed by atoms with van der Waals surface area (Å²) in [6, 6.07) is 6.65. The summed E-state index contributed by atoms with van der Waals surface area (Å²) in [5.41, 5.74) is 3.66. The zero-order chi connectivity index (χ0) is 15.1.